The van der Waals surface area contributed by atoms with Gasteiger partial charge in [-0.25, -0.2) is 4.79 Å². The van der Waals surface area contributed by atoms with E-state index in [1.165, 1.54) is 0 Å². The lowest BCUT2D eigenvalue weighted by Crippen LogP contribution is -2.31. The minimum atomic E-state index is -0.518. The van der Waals surface area contributed by atoms with E-state index < -0.39 is 5.60 Å². The first-order valence-electron chi connectivity index (χ1n) is 7.64. The second-order valence-corrected chi connectivity index (χ2v) is 6.62. The maximum Gasteiger partial charge on any atom is 0.340 e. The SMILES string of the molecule is CC[C@@H]1c2nc(CC(=O)OC(C)(C)C)ccc2C(=O)O[C@@H]1C. The summed E-state index contributed by atoms with van der Waals surface area (Å²) in [5.41, 5.74) is 1.33. The van der Waals surface area contributed by atoms with Crippen LogP contribution in [0.15, 0.2) is 12.1 Å². The van der Waals surface area contributed by atoms with Crippen molar-refractivity contribution in [3.8, 4) is 0 Å². The molecule has 2 atom stereocenters. The van der Waals surface area contributed by atoms with Crippen LogP contribution in [0.3, 0.4) is 0 Å². The van der Waals surface area contributed by atoms with E-state index in [2.05, 4.69) is 4.98 Å². The van der Waals surface area contributed by atoms with E-state index in [0.29, 0.717) is 11.3 Å². The number of cyclic esters (lactones) is 1. The van der Waals surface area contributed by atoms with Gasteiger partial charge in [-0.05, 0) is 46.2 Å². The van der Waals surface area contributed by atoms with Crippen LogP contribution in [0, 0.1) is 0 Å². The van der Waals surface area contributed by atoms with E-state index in [1.807, 2.05) is 34.6 Å². The highest BCUT2D eigenvalue weighted by molar-refractivity contribution is 5.92. The Morgan fingerprint density at radius 2 is 2.05 bits per heavy atom. The molecule has 0 saturated heterocycles. The third kappa shape index (κ3) is 3.64. The van der Waals surface area contributed by atoms with E-state index in [0.717, 1.165) is 12.1 Å². The lowest BCUT2D eigenvalue weighted by Gasteiger charge is -2.29. The van der Waals surface area contributed by atoms with Gasteiger partial charge in [0.15, 0.2) is 0 Å². The Kier molecular flexibility index (Phi) is 4.54. The molecule has 5 heteroatoms. The van der Waals surface area contributed by atoms with E-state index in [-0.39, 0.29) is 30.4 Å². The summed E-state index contributed by atoms with van der Waals surface area (Å²) in [6.07, 6.45) is 0.726. The van der Waals surface area contributed by atoms with Gasteiger partial charge in [0.2, 0.25) is 0 Å². The number of rotatable bonds is 3. The summed E-state index contributed by atoms with van der Waals surface area (Å²) >= 11 is 0. The number of pyridine rings is 1. The summed E-state index contributed by atoms with van der Waals surface area (Å²) in [6, 6.07) is 3.38. The lowest BCUT2D eigenvalue weighted by molar-refractivity contribution is -0.154. The molecule has 0 aliphatic carbocycles. The van der Waals surface area contributed by atoms with Crippen molar-refractivity contribution >= 4 is 11.9 Å². The standard InChI is InChI=1S/C17H23NO4/c1-6-12-10(2)21-16(20)13-8-7-11(18-15(12)13)9-14(19)22-17(3,4)5/h7-8,10,12H,6,9H2,1-5H3/t10-,12+/m1/s1. The molecule has 1 aliphatic heterocycles. The molecule has 22 heavy (non-hydrogen) atoms. The number of hydrogen-bond acceptors (Lipinski definition) is 5. The van der Waals surface area contributed by atoms with Crippen LogP contribution < -0.4 is 0 Å². The van der Waals surface area contributed by atoms with Crippen molar-refractivity contribution in [2.75, 3.05) is 0 Å². The minimum absolute atomic E-state index is 0.0614. The topological polar surface area (TPSA) is 65.5 Å². The van der Waals surface area contributed by atoms with Crippen molar-refractivity contribution < 1.29 is 19.1 Å². The maximum absolute atomic E-state index is 11.9. The van der Waals surface area contributed by atoms with E-state index in [4.69, 9.17) is 9.47 Å². The lowest BCUT2D eigenvalue weighted by atomic mass is 9.90. The molecule has 0 aromatic carbocycles. The van der Waals surface area contributed by atoms with Gasteiger partial charge in [-0.15, -0.1) is 0 Å². The fourth-order valence-electron chi connectivity index (χ4n) is 2.66. The highest BCUT2D eigenvalue weighted by Gasteiger charge is 2.33. The molecule has 1 aromatic rings. The van der Waals surface area contributed by atoms with Crippen molar-refractivity contribution in [3.05, 3.63) is 29.1 Å². The smallest absolute Gasteiger partial charge is 0.340 e. The Morgan fingerprint density at radius 1 is 1.36 bits per heavy atom. The molecule has 120 valence electrons. The molecule has 1 aromatic heterocycles. The summed E-state index contributed by atoms with van der Waals surface area (Å²) < 4.78 is 10.6. The van der Waals surface area contributed by atoms with Gasteiger partial charge in [-0.2, -0.15) is 0 Å². The Morgan fingerprint density at radius 3 is 2.64 bits per heavy atom. The van der Waals surface area contributed by atoms with Crippen LogP contribution in [0.4, 0.5) is 0 Å². The molecular formula is C17H23NO4. The Balaban J connectivity index is 2.25. The molecule has 5 nitrogen and oxygen atoms in total. The molecule has 0 unspecified atom stereocenters. The van der Waals surface area contributed by atoms with Crippen molar-refractivity contribution in [3.63, 3.8) is 0 Å². The molecule has 2 heterocycles. The van der Waals surface area contributed by atoms with E-state index in [1.54, 1.807) is 12.1 Å². The Hall–Kier alpha value is -1.91. The van der Waals surface area contributed by atoms with Crippen molar-refractivity contribution in [1.82, 2.24) is 4.98 Å². The highest BCUT2D eigenvalue weighted by atomic mass is 16.6. The van der Waals surface area contributed by atoms with Gasteiger partial charge >= 0.3 is 11.9 Å². The molecule has 0 amide bonds. The van der Waals surface area contributed by atoms with Crippen LogP contribution in [0.25, 0.3) is 0 Å². The number of ether oxygens (including phenoxy) is 2. The number of nitrogens with zero attached hydrogens (tertiary/aromatic N) is 1. The molecule has 0 N–H and O–H groups in total. The summed E-state index contributed by atoms with van der Waals surface area (Å²) in [5, 5.41) is 0. The fraction of sp³-hybridized carbons (Fsp3) is 0.588. The van der Waals surface area contributed by atoms with Crippen molar-refractivity contribution in [2.24, 2.45) is 0 Å². The van der Waals surface area contributed by atoms with Crippen LogP contribution in [0.2, 0.25) is 0 Å². The molecule has 0 fully saturated rings. The quantitative estimate of drug-likeness (QED) is 0.803. The van der Waals surface area contributed by atoms with Crippen LogP contribution in [0.5, 0.6) is 0 Å². The monoisotopic (exact) mass is 305 g/mol. The second-order valence-electron chi connectivity index (χ2n) is 6.62. The Labute approximate surface area is 131 Å². The highest BCUT2D eigenvalue weighted by Crippen LogP contribution is 2.32. The third-order valence-corrected chi connectivity index (χ3v) is 3.60. The summed E-state index contributed by atoms with van der Waals surface area (Å²) in [4.78, 5) is 28.4. The van der Waals surface area contributed by atoms with Gasteiger partial charge < -0.3 is 9.47 Å². The molecule has 1 aliphatic rings. The first-order valence-corrected chi connectivity index (χ1v) is 7.64. The molecule has 0 spiro atoms. The zero-order valence-electron chi connectivity index (χ0n) is 13.8. The number of esters is 2. The average molecular weight is 305 g/mol. The van der Waals surface area contributed by atoms with Crippen LogP contribution in [-0.2, 0) is 20.7 Å². The molecule has 0 saturated carbocycles. The number of carbonyl (C=O) groups excluding carboxylic acids is 2. The average Bonchev–Trinajstić information content (AvgIpc) is 2.36. The van der Waals surface area contributed by atoms with Crippen LogP contribution >= 0.6 is 0 Å². The van der Waals surface area contributed by atoms with Crippen LogP contribution in [-0.4, -0.2) is 28.6 Å². The predicted molar refractivity (Wildman–Crippen MR) is 81.7 cm³/mol. The Bertz CT molecular complexity index is 589. The van der Waals surface area contributed by atoms with Gasteiger partial charge in [-0.3, -0.25) is 9.78 Å². The first-order chi connectivity index (χ1) is 10.2. The number of fused-ring (bicyclic) bond motifs is 1. The van der Waals surface area contributed by atoms with Gasteiger partial charge in [0.1, 0.15) is 11.7 Å². The second kappa shape index (κ2) is 6.07. The number of hydrogen-bond donors (Lipinski definition) is 0. The van der Waals surface area contributed by atoms with Crippen LogP contribution in [0.1, 0.15) is 68.7 Å². The fourth-order valence-corrected chi connectivity index (χ4v) is 2.66. The summed E-state index contributed by atoms with van der Waals surface area (Å²) in [6.45, 7) is 9.39. The normalized spacial score (nSPS) is 21.0. The van der Waals surface area contributed by atoms with Crippen molar-refractivity contribution in [2.45, 2.75) is 65.1 Å². The zero-order valence-corrected chi connectivity index (χ0v) is 13.8. The minimum Gasteiger partial charge on any atom is -0.460 e. The number of carbonyl (C=O) groups is 2. The third-order valence-electron chi connectivity index (χ3n) is 3.60. The van der Waals surface area contributed by atoms with Gasteiger partial charge in [0.25, 0.3) is 0 Å². The maximum atomic E-state index is 11.9. The predicted octanol–water partition coefficient (Wildman–Crippen LogP) is 3.02. The molecule has 0 bridgehead atoms. The zero-order chi connectivity index (χ0) is 16.5. The molecule has 0 radical (unpaired) electrons. The van der Waals surface area contributed by atoms with Gasteiger partial charge in [0.05, 0.1) is 23.4 Å². The largest absolute Gasteiger partial charge is 0.460 e. The van der Waals surface area contributed by atoms with E-state index in [9.17, 15) is 9.59 Å². The van der Waals surface area contributed by atoms with Gasteiger partial charge in [-0.1, -0.05) is 6.92 Å². The first kappa shape index (κ1) is 16.5. The number of aromatic nitrogens is 1. The van der Waals surface area contributed by atoms with Gasteiger partial charge in [0, 0.05) is 5.92 Å². The van der Waals surface area contributed by atoms with E-state index >= 15 is 0 Å². The summed E-state index contributed by atoms with van der Waals surface area (Å²) in [7, 11) is 0. The summed E-state index contributed by atoms with van der Waals surface area (Å²) in [5.74, 6) is -0.603. The molecule has 2 rings (SSSR count). The van der Waals surface area contributed by atoms with Crippen molar-refractivity contribution in [1.29, 1.82) is 0 Å². The molecular weight excluding hydrogens is 282 g/mol.